The SMILES string of the molecule is COc1ccc(C(=O)[C@@H]2[C@@H]3C(=O)N(c4ccc(Br)cc4)C(=O)[C@H]3[C@H]3c4ccccc4C=CN23)cc1. The van der Waals surface area contributed by atoms with E-state index in [0.29, 0.717) is 17.0 Å². The quantitative estimate of drug-likeness (QED) is 0.357. The van der Waals surface area contributed by atoms with E-state index in [0.717, 1.165) is 15.6 Å². The molecule has 0 bridgehead atoms. The monoisotopic (exact) mass is 528 g/mol. The van der Waals surface area contributed by atoms with E-state index in [4.69, 9.17) is 4.74 Å². The van der Waals surface area contributed by atoms with Gasteiger partial charge in [-0.15, -0.1) is 0 Å². The van der Waals surface area contributed by atoms with Crippen LogP contribution in [0.4, 0.5) is 5.69 Å². The van der Waals surface area contributed by atoms with Crippen molar-refractivity contribution in [2.45, 2.75) is 12.1 Å². The van der Waals surface area contributed by atoms with Crippen molar-refractivity contribution in [2.24, 2.45) is 11.8 Å². The van der Waals surface area contributed by atoms with Crippen molar-refractivity contribution in [3.63, 3.8) is 0 Å². The number of hydrogen-bond donors (Lipinski definition) is 0. The van der Waals surface area contributed by atoms with Gasteiger partial charge in [0.2, 0.25) is 11.8 Å². The van der Waals surface area contributed by atoms with E-state index in [-0.39, 0.29) is 17.6 Å². The van der Waals surface area contributed by atoms with Crippen LogP contribution in [0.25, 0.3) is 6.08 Å². The highest BCUT2D eigenvalue weighted by Gasteiger charge is 2.64. The summed E-state index contributed by atoms with van der Waals surface area (Å²) in [4.78, 5) is 44.8. The Labute approximate surface area is 210 Å². The molecule has 0 radical (unpaired) electrons. The minimum absolute atomic E-state index is 0.187. The van der Waals surface area contributed by atoms with Crippen molar-refractivity contribution in [2.75, 3.05) is 12.0 Å². The second kappa shape index (κ2) is 8.20. The largest absolute Gasteiger partial charge is 0.497 e. The van der Waals surface area contributed by atoms with Gasteiger partial charge < -0.3 is 9.64 Å². The Hall–Kier alpha value is -3.71. The summed E-state index contributed by atoms with van der Waals surface area (Å²) in [6.07, 6.45) is 3.81. The van der Waals surface area contributed by atoms with Gasteiger partial charge in [-0.3, -0.25) is 14.4 Å². The van der Waals surface area contributed by atoms with E-state index in [1.807, 2.05) is 41.4 Å². The number of amides is 2. The zero-order valence-electron chi connectivity index (χ0n) is 18.8. The predicted molar refractivity (Wildman–Crippen MR) is 135 cm³/mol. The van der Waals surface area contributed by atoms with Crippen molar-refractivity contribution >= 4 is 45.3 Å². The third-order valence-electron chi connectivity index (χ3n) is 7.19. The van der Waals surface area contributed by atoms with Gasteiger partial charge in [-0.1, -0.05) is 40.2 Å². The molecule has 174 valence electrons. The average molecular weight is 529 g/mol. The molecule has 2 amide bonds. The van der Waals surface area contributed by atoms with Crippen LogP contribution in [0.5, 0.6) is 5.75 Å². The molecule has 6 rings (SSSR count). The molecule has 0 N–H and O–H groups in total. The summed E-state index contributed by atoms with van der Waals surface area (Å²) >= 11 is 3.40. The number of ether oxygens (including phenoxy) is 1. The molecule has 3 aliphatic heterocycles. The number of benzene rings is 3. The smallest absolute Gasteiger partial charge is 0.240 e. The molecule has 3 aliphatic rings. The van der Waals surface area contributed by atoms with Crippen LogP contribution in [0.1, 0.15) is 27.5 Å². The van der Waals surface area contributed by atoms with E-state index < -0.39 is 23.9 Å². The fourth-order valence-electron chi connectivity index (χ4n) is 5.63. The van der Waals surface area contributed by atoms with Crippen LogP contribution in [0, 0.1) is 11.8 Å². The van der Waals surface area contributed by atoms with Gasteiger partial charge in [-0.05, 0) is 65.7 Å². The number of hydrogen-bond acceptors (Lipinski definition) is 5. The second-order valence-corrected chi connectivity index (χ2v) is 9.83. The number of fused-ring (bicyclic) bond motifs is 5. The van der Waals surface area contributed by atoms with Crippen molar-refractivity contribution < 1.29 is 19.1 Å². The molecular weight excluding hydrogens is 508 g/mol. The molecule has 3 aromatic rings. The van der Waals surface area contributed by atoms with Gasteiger partial charge >= 0.3 is 0 Å². The Morgan fingerprint density at radius 1 is 0.886 bits per heavy atom. The number of nitrogens with zero attached hydrogens (tertiary/aromatic N) is 2. The molecule has 0 aromatic heterocycles. The zero-order chi connectivity index (χ0) is 24.3. The van der Waals surface area contributed by atoms with Crippen LogP contribution in [-0.4, -0.2) is 35.6 Å². The molecule has 2 saturated heterocycles. The third kappa shape index (κ3) is 3.26. The molecule has 3 aromatic carbocycles. The minimum atomic E-state index is -0.792. The Balaban J connectivity index is 1.47. The number of anilines is 1. The summed E-state index contributed by atoms with van der Waals surface area (Å²) in [7, 11) is 1.57. The number of ketones is 1. The molecular formula is C28H21BrN2O4. The molecule has 0 aliphatic carbocycles. The first-order valence-corrected chi connectivity index (χ1v) is 12.1. The van der Waals surface area contributed by atoms with E-state index >= 15 is 0 Å². The molecule has 7 heteroatoms. The molecule has 0 saturated carbocycles. The Kier molecular flexibility index (Phi) is 5.11. The first kappa shape index (κ1) is 21.8. The highest BCUT2D eigenvalue weighted by Crippen LogP contribution is 2.53. The third-order valence-corrected chi connectivity index (χ3v) is 7.72. The normalized spacial score (nSPS) is 24.3. The Morgan fingerprint density at radius 3 is 2.29 bits per heavy atom. The summed E-state index contributed by atoms with van der Waals surface area (Å²) in [5.74, 6) is -1.61. The van der Waals surface area contributed by atoms with Gasteiger partial charge in [0.1, 0.15) is 11.8 Å². The van der Waals surface area contributed by atoms with Gasteiger partial charge in [0.05, 0.1) is 30.7 Å². The maximum Gasteiger partial charge on any atom is 0.240 e. The molecule has 0 spiro atoms. The van der Waals surface area contributed by atoms with Crippen LogP contribution < -0.4 is 9.64 Å². The van der Waals surface area contributed by atoms with E-state index in [1.54, 1.807) is 55.6 Å². The van der Waals surface area contributed by atoms with Crippen molar-refractivity contribution in [3.8, 4) is 5.75 Å². The van der Waals surface area contributed by atoms with E-state index in [9.17, 15) is 14.4 Å². The van der Waals surface area contributed by atoms with Gasteiger partial charge in [0.15, 0.2) is 5.78 Å². The lowest BCUT2D eigenvalue weighted by Gasteiger charge is -2.35. The summed E-state index contributed by atoms with van der Waals surface area (Å²) in [6, 6.07) is 20.6. The zero-order valence-corrected chi connectivity index (χ0v) is 20.4. The number of carbonyl (C=O) groups is 3. The maximum absolute atomic E-state index is 13.9. The standard InChI is InChI=1S/C28H21BrN2O4/c1-35-20-12-6-17(7-13-20)26(32)25-23-22(24-21-5-3-2-4-16(21)14-15-30(24)25)27(33)31(28(23)34)19-10-8-18(29)9-11-19/h2-15,22-25H,1H3/t22-,23-,24-,25+/m1/s1. The van der Waals surface area contributed by atoms with Gasteiger partial charge in [0.25, 0.3) is 0 Å². The summed E-state index contributed by atoms with van der Waals surface area (Å²) < 4.78 is 6.08. The van der Waals surface area contributed by atoms with Crippen LogP contribution >= 0.6 is 15.9 Å². The van der Waals surface area contributed by atoms with E-state index in [1.165, 1.54) is 4.90 Å². The molecule has 3 heterocycles. The molecule has 6 nitrogen and oxygen atoms in total. The predicted octanol–water partition coefficient (Wildman–Crippen LogP) is 4.86. The average Bonchev–Trinajstić information content (AvgIpc) is 3.37. The number of carbonyl (C=O) groups excluding carboxylic acids is 3. The fraction of sp³-hybridized carbons (Fsp3) is 0.179. The van der Waals surface area contributed by atoms with Crippen molar-refractivity contribution in [3.05, 3.63) is 100 Å². The van der Waals surface area contributed by atoms with Crippen LogP contribution in [0.3, 0.4) is 0 Å². The van der Waals surface area contributed by atoms with Crippen LogP contribution in [-0.2, 0) is 9.59 Å². The number of imide groups is 1. The number of methoxy groups -OCH3 is 1. The number of rotatable bonds is 4. The van der Waals surface area contributed by atoms with Gasteiger partial charge in [-0.2, -0.15) is 0 Å². The van der Waals surface area contributed by atoms with Gasteiger partial charge in [-0.25, -0.2) is 4.90 Å². The van der Waals surface area contributed by atoms with Crippen molar-refractivity contribution in [1.29, 1.82) is 0 Å². The van der Waals surface area contributed by atoms with Crippen molar-refractivity contribution in [1.82, 2.24) is 4.90 Å². The Bertz CT molecular complexity index is 1380. The molecule has 4 atom stereocenters. The second-order valence-electron chi connectivity index (χ2n) is 8.91. The maximum atomic E-state index is 13.9. The Morgan fingerprint density at radius 2 is 1.57 bits per heavy atom. The minimum Gasteiger partial charge on any atom is -0.497 e. The summed E-state index contributed by atoms with van der Waals surface area (Å²) in [5, 5.41) is 0. The number of Topliss-reactive ketones (excluding diaryl/α,β-unsaturated/α-hetero) is 1. The highest BCUT2D eigenvalue weighted by atomic mass is 79.9. The van der Waals surface area contributed by atoms with Crippen LogP contribution in [0.2, 0.25) is 0 Å². The lowest BCUT2D eigenvalue weighted by molar-refractivity contribution is -0.123. The molecule has 0 unspecified atom stereocenters. The molecule has 35 heavy (non-hydrogen) atoms. The lowest BCUT2D eigenvalue weighted by Crippen LogP contribution is -2.44. The molecule has 2 fully saturated rings. The van der Waals surface area contributed by atoms with E-state index in [2.05, 4.69) is 15.9 Å². The highest BCUT2D eigenvalue weighted by molar-refractivity contribution is 9.10. The topological polar surface area (TPSA) is 66.9 Å². The lowest BCUT2D eigenvalue weighted by atomic mass is 9.83. The first-order chi connectivity index (χ1) is 17.0. The number of halogens is 1. The summed E-state index contributed by atoms with van der Waals surface area (Å²) in [5.41, 5.74) is 2.94. The van der Waals surface area contributed by atoms with Crippen LogP contribution in [0.15, 0.2) is 83.5 Å². The summed E-state index contributed by atoms with van der Waals surface area (Å²) in [6.45, 7) is 0. The fourth-order valence-corrected chi connectivity index (χ4v) is 5.89. The van der Waals surface area contributed by atoms with Gasteiger partial charge in [0, 0.05) is 16.2 Å². The first-order valence-electron chi connectivity index (χ1n) is 11.4.